The maximum atomic E-state index is 10.8. The third-order valence-electron chi connectivity index (χ3n) is 3.95. The average Bonchev–Trinajstić information content (AvgIpc) is 2.49. The molecule has 2 N–H and O–H groups in total. The Hall–Kier alpha value is -0.610. The van der Waals surface area contributed by atoms with Crippen LogP contribution in [0.25, 0.3) is 0 Å². The fourth-order valence-corrected chi connectivity index (χ4v) is 2.68. The molecule has 1 saturated heterocycles. The molecule has 0 bridgehead atoms. The molecule has 0 spiro atoms. The molecule has 1 aliphatic heterocycles. The number of hydrogen-bond donors (Lipinski definition) is 2. The first-order chi connectivity index (χ1) is 7.09. The summed E-state index contributed by atoms with van der Waals surface area (Å²) in [6.07, 6.45) is 2.88. The first-order valence-corrected chi connectivity index (χ1v) is 5.74. The van der Waals surface area contributed by atoms with Crippen molar-refractivity contribution in [2.24, 2.45) is 11.8 Å². The molecular formula is C11H19NO3. The molecular weight excluding hydrogens is 194 g/mol. The van der Waals surface area contributed by atoms with Gasteiger partial charge in [0.25, 0.3) is 0 Å². The van der Waals surface area contributed by atoms with Crippen molar-refractivity contribution in [2.75, 3.05) is 13.1 Å². The van der Waals surface area contributed by atoms with Gasteiger partial charge in [0.15, 0.2) is 0 Å². The summed E-state index contributed by atoms with van der Waals surface area (Å²) >= 11 is 0. The molecule has 0 amide bonds. The number of nitrogens with zero attached hydrogens (tertiary/aromatic N) is 1. The first kappa shape index (κ1) is 10.9. The van der Waals surface area contributed by atoms with Crippen LogP contribution >= 0.6 is 0 Å². The van der Waals surface area contributed by atoms with E-state index in [0.717, 1.165) is 32.4 Å². The number of hydrogen-bond acceptors (Lipinski definition) is 3. The summed E-state index contributed by atoms with van der Waals surface area (Å²) in [5.41, 5.74) is 0. The van der Waals surface area contributed by atoms with Crippen LogP contribution in [0.15, 0.2) is 0 Å². The molecule has 4 nitrogen and oxygen atoms in total. The molecule has 4 heteroatoms. The lowest BCUT2D eigenvalue weighted by atomic mass is 9.85. The van der Waals surface area contributed by atoms with Crippen molar-refractivity contribution in [3.05, 3.63) is 0 Å². The second-order valence-corrected chi connectivity index (χ2v) is 4.91. The van der Waals surface area contributed by atoms with Gasteiger partial charge in [-0.05, 0) is 25.2 Å². The zero-order chi connectivity index (χ0) is 11.0. The van der Waals surface area contributed by atoms with E-state index in [2.05, 4.69) is 4.90 Å². The van der Waals surface area contributed by atoms with E-state index in [1.54, 1.807) is 6.92 Å². The molecule has 0 aromatic heterocycles. The van der Waals surface area contributed by atoms with Crippen LogP contribution < -0.4 is 0 Å². The Labute approximate surface area is 89.9 Å². The van der Waals surface area contributed by atoms with Crippen LogP contribution in [-0.4, -0.2) is 46.3 Å². The smallest absolute Gasteiger partial charge is 0.306 e. The summed E-state index contributed by atoms with van der Waals surface area (Å²) in [6, 6.07) is 0.294. The monoisotopic (exact) mass is 213 g/mol. The van der Waals surface area contributed by atoms with Gasteiger partial charge in [-0.1, -0.05) is 6.92 Å². The van der Waals surface area contributed by atoms with Gasteiger partial charge < -0.3 is 10.2 Å². The highest BCUT2D eigenvalue weighted by atomic mass is 16.4. The predicted molar refractivity (Wildman–Crippen MR) is 55.5 cm³/mol. The normalized spacial score (nSPS) is 35.1. The second-order valence-electron chi connectivity index (χ2n) is 4.91. The van der Waals surface area contributed by atoms with Gasteiger partial charge in [0, 0.05) is 19.1 Å². The molecule has 86 valence electrons. The number of aliphatic carboxylic acids is 1. The Balaban J connectivity index is 1.80. The van der Waals surface area contributed by atoms with E-state index in [9.17, 15) is 9.90 Å². The summed E-state index contributed by atoms with van der Waals surface area (Å²) in [6.45, 7) is 3.46. The third-order valence-corrected chi connectivity index (χ3v) is 3.95. The zero-order valence-corrected chi connectivity index (χ0v) is 9.09. The highest BCUT2D eigenvalue weighted by molar-refractivity contribution is 5.70. The molecule has 3 atom stereocenters. The van der Waals surface area contributed by atoms with Crippen LogP contribution in [0, 0.1) is 11.8 Å². The van der Waals surface area contributed by atoms with Crippen molar-refractivity contribution in [3.8, 4) is 0 Å². The lowest BCUT2D eigenvalue weighted by Crippen LogP contribution is -2.57. The molecule has 1 heterocycles. The number of aliphatic hydroxyl groups is 1. The van der Waals surface area contributed by atoms with Crippen molar-refractivity contribution in [2.45, 2.75) is 38.3 Å². The number of carboxylic acids is 1. The van der Waals surface area contributed by atoms with Gasteiger partial charge in [0.05, 0.1) is 12.0 Å². The Kier molecular flexibility index (Phi) is 2.98. The Morgan fingerprint density at radius 1 is 1.40 bits per heavy atom. The molecule has 0 aromatic carbocycles. The van der Waals surface area contributed by atoms with Gasteiger partial charge in [0.1, 0.15) is 0 Å². The summed E-state index contributed by atoms with van der Waals surface area (Å²) < 4.78 is 0. The van der Waals surface area contributed by atoms with E-state index in [4.69, 9.17) is 5.11 Å². The van der Waals surface area contributed by atoms with Gasteiger partial charge in [0.2, 0.25) is 0 Å². The maximum Gasteiger partial charge on any atom is 0.306 e. The predicted octanol–water partition coefficient (Wildman–Crippen LogP) is 0.552. The van der Waals surface area contributed by atoms with Crippen LogP contribution in [0.4, 0.5) is 0 Å². The van der Waals surface area contributed by atoms with Gasteiger partial charge in [-0.2, -0.15) is 0 Å². The Bertz CT molecular complexity index is 250. The van der Waals surface area contributed by atoms with Crippen LogP contribution in [0.5, 0.6) is 0 Å². The van der Waals surface area contributed by atoms with E-state index < -0.39 is 5.97 Å². The number of carbonyl (C=O) groups is 1. The number of carboxylic acid groups (broad SMARTS) is 1. The highest BCUT2D eigenvalue weighted by Gasteiger charge is 2.41. The maximum absolute atomic E-state index is 10.8. The van der Waals surface area contributed by atoms with E-state index in [1.165, 1.54) is 0 Å². The number of rotatable bonds is 3. The van der Waals surface area contributed by atoms with Gasteiger partial charge >= 0.3 is 5.97 Å². The van der Waals surface area contributed by atoms with E-state index in [0.29, 0.717) is 6.04 Å². The van der Waals surface area contributed by atoms with Gasteiger partial charge in [-0.3, -0.25) is 9.69 Å². The van der Waals surface area contributed by atoms with E-state index >= 15 is 0 Å². The van der Waals surface area contributed by atoms with E-state index in [-0.39, 0.29) is 17.9 Å². The number of aliphatic hydroxyl groups excluding tert-OH is 1. The molecule has 1 aliphatic carbocycles. The largest absolute Gasteiger partial charge is 0.481 e. The molecule has 0 radical (unpaired) electrons. The molecule has 2 fully saturated rings. The molecule has 1 saturated carbocycles. The van der Waals surface area contributed by atoms with Crippen molar-refractivity contribution in [3.63, 3.8) is 0 Å². The summed E-state index contributed by atoms with van der Waals surface area (Å²) in [4.78, 5) is 13.0. The van der Waals surface area contributed by atoms with E-state index in [1.807, 2.05) is 0 Å². The van der Waals surface area contributed by atoms with Crippen LogP contribution in [0.2, 0.25) is 0 Å². The topological polar surface area (TPSA) is 60.8 Å². The molecule has 0 aromatic rings. The Morgan fingerprint density at radius 3 is 2.53 bits per heavy atom. The fourth-order valence-electron chi connectivity index (χ4n) is 2.68. The quantitative estimate of drug-likeness (QED) is 0.719. The molecule has 15 heavy (non-hydrogen) atoms. The average molecular weight is 213 g/mol. The zero-order valence-electron chi connectivity index (χ0n) is 9.09. The third kappa shape index (κ3) is 2.01. The van der Waals surface area contributed by atoms with Crippen molar-refractivity contribution in [1.82, 2.24) is 4.90 Å². The van der Waals surface area contributed by atoms with Crippen LogP contribution in [-0.2, 0) is 4.79 Å². The summed E-state index contributed by atoms with van der Waals surface area (Å²) in [5.74, 6) is -0.679. The lowest BCUT2D eigenvalue weighted by molar-refractivity contribution is -0.146. The molecule has 3 unspecified atom stereocenters. The standard InChI is InChI=1S/C11H19NO3/c1-7(11(14)15)8-5-12(6-8)9-3-2-4-10(9)13/h7-10,13H,2-6H2,1H3,(H,14,15). The second kappa shape index (κ2) is 4.10. The highest BCUT2D eigenvalue weighted by Crippen LogP contribution is 2.32. The fraction of sp³-hybridized carbons (Fsp3) is 0.909. The molecule has 2 aliphatic rings. The summed E-state index contributed by atoms with van der Waals surface area (Å²) in [7, 11) is 0. The lowest BCUT2D eigenvalue weighted by Gasteiger charge is -2.45. The SMILES string of the molecule is CC(C(=O)O)C1CN(C2CCCC2O)C1. The van der Waals surface area contributed by atoms with Crippen LogP contribution in [0.3, 0.4) is 0 Å². The first-order valence-electron chi connectivity index (χ1n) is 5.74. The van der Waals surface area contributed by atoms with Crippen molar-refractivity contribution < 1.29 is 15.0 Å². The van der Waals surface area contributed by atoms with Crippen molar-refractivity contribution >= 4 is 5.97 Å². The Morgan fingerprint density at radius 2 is 2.07 bits per heavy atom. The minimum absolute atomic E-state index is 0.189. The van der Waals surface area contributed by atoms with Gasteiger partial charge in [-0.25, -0.2) is 0 Å². The minimum Gasteiger partial charge on any atom is -0.481 e. The number of likely N-dealkylation sites (tertiary alicyclic amines) is 1. The minimum atomic E-state index is -0.702. The summed E-state index contributed by atoms with van der Waals surface area (Å²) in [5, 5.41) is 18.6. The van der Waals surface area contributed by atoms with Gasteiger partial charge in [-0.15, -0.1) is 0 Å². The van der Waals surface area contributed by atoms with Crippen molar-refractivity contribution in [1.29, 1.82) is 0 Å². The van der Waals surface area contributed by atoms with Crippen LogP contribution in [0.1, 0.15) is 26.2 Å². The molecule has 2 rings (SSSR count).